The Kier molecular flexibility index (Phi) is 5.85. The third kappa shape index (κ3) is 3.88. The average molecular weight is 389 g/mol. The fourth-order valence-corrected chi connectivity index (χ4v) is 3.84. The molecule has 0 saturated carbocycles. The maximum absolute atomic E-state index is 4.36. The van der Waals surface area contributed by atoms with Gasteiger partial charge in [0.25, 0.3) is 0 Å². The molecule has 1 aromatic heterocycles. The van der Waals surface area contributed by atoms with Gasteiger partial charge in [0, 0.05) is 23.3 Å². The monoisotopic (exact) mass is 388 g/mol. The fraction of sp³-hybridized carbons (Fsp3) is 0.524. The summed E-state index contributed by atoms with van der Waals surface area (Å²) in [6.45, 7) is 13.4. The standard InChI is InChI=1S/C19H23BrN2.C2H6/c1-18(2)6-7-19(3,4)15-12-16(20)13(10-14(15)18)11-17-21-8-5-9-22-17;1-2/h5,8-10,12H,6-7,11H2,1-4H3;1-2H3. The molecule has 0 radical (unpaired) electrons. The molecule has 0 spiro atoms. The molecule has 0 fully saturated rings. The molecule has 24 heavy (non-hydrogen) atoms. The Morgan fingerprint density at radius 2 is 1.42 bits per heavy atom. The normalized spacial score (nSPS) is 17.5. The molecule has 0 atom stereocenters. The van der Waals surface area contributed by atoms with Crippen LogP contribution >= 0.6 is 15.9 Å². The predicted molar refractivity (Wildman–Crippen MR) is 106 cm³/mol. The third-order valence-electron chi connectivity index (χ3n) is 4.99. The van der Waals surface area contributed by atoms with E-state index in [0.29, 0.717) is 0 Å². The van der Waals surface area contributed by atoms with Gasteiger partial charge in [-0.05, 0) is 52.5 Å². The lowest BCUT2D eigenvalue weighted by molar-refractivity contribution is 0.331. The second-order valence-electron chi connectivity index (χ2n) is 7.60. The Labute approximate surface area is 155 Å². The van der Waals surface area contributed by atoms with Crippen LogP contribution in [0.25, 0.3) is 0 Å². The van der Waals surface area contributed by atoms with Crippen molar-refractivity contribution >= 4 is 15.9 Å². The average Bonchev–Trinajstić information content (AvgIpc) is 2.56. The molecule has 0 bridgehead atoms. The summed E-state index contributed by atoms with van der Waals surface area (Å²) >= 11 is 3.77. The number of halogens is 1. The zero-order valence-corrected chi connectivity index (χ0v) is 17.4. The minimum Gasteiger partial charge on any atom is -0.241 e. The fourth-order valence-electron chi connectivity index (χ4n) is 3.36. The lowest BCUT2D eigenvalue weighted by atomic mass is 9.63. The quantitative estimate of drug-likeness (QED) is 0.611. The summed E-state index contributed by atoms with van der Waals surface area (Å²) < 4.78 is 1.17. The Morgan fingerprint density at radius 1 is 0.917 bits per heavy atom. The van der Waals surface area contributed by atoms with Crippen molar-refractivity contribution in [3.63, 3.8) is 0 Å². The summed E-state index contributed by atoms with van der Waals surface area (Å²) in [5.41, 5.74) is 4.72. The molecule has 1 aliphatic rings. The van der Waals surface area contributed by atoms with Crippen LogP contribution in [0.3, 0.4) is 0 Å². The van der Waals surface area contributed by atoms with Gasteiger partial charge in [0.15, 0.2) is 0 Å². The van der Waals surface area contributed by atoms with Crippen LogP contribution in [0.1, 0.15) is 76.9 Å². The van der Waals surface area contributed by atoms with E-state index in [-0.39, 0.29) is 10.8 Å². The molecule has 0 saturated heterocycles. The second kappa shape index (κ2) is 7.35. The first-order valence-corrected chi connectivity index (χ1v) is 9.68. The van der Waals surface area contributed by atoms with Crippen LogP contribution in [0.4, 0.5) is 0 Å². The second-order valence-corrected chi connectivity index (χ2v) is 8.45. The number of fused-ring (bicyclic) bond motifs is 1. The van der Waals surface area contributed by atoms with Crippen molar-refractivity contribution < 1.29 is 0 Å². The van der Waals surface area contributed by atoms with Gasteiger partial charge in [-0.25, -0.2) is 9.97 Å². The highest BCUT2D eigenvalue weighted by Gasteiger charge is 2.37. The van der Waals surface area contributed by atoms with Gasteiger partial charge in [0.05, 0.1) is 0 Å². The molecule has 130 valence electrons. The molecule has 1 aromatic carbocycles. The Bertz CT molecular complexity index is 690. The van der Waals surface area contributed by atoms with E-state index in [9.17, 15) is 0 Å². The van der Waals surface area contributed by atoms with E-state index in [4.69, 9.17) is 0 Å². The van der Waals surface area contributed by atoms with E-state index < -0.39 is 0 Å². The molecule has 0 N–H and O–H groups in total. The molecule has 0 aliphatic heterocycles. The number of hydrogen-bond donors (Lipinski definition) is 0. The lowest BCUT2D eigenvalue weighted by Gasteiger charge is -2.42. The van der Waals surface area contributed by atoms with Gasteiger partial charge in [0.1, 0.15) is 5.82 Å². The minimum atomic E-state index is 0.234. The van der Waals surface area contributed by atoms with E-state index >= 15 is 0 Å². The molecule has 0 unspecified atom stereocenters. The van der Waals surface area contributed by atoms with Crippen molar-refractivity contribution in [2.24, 2.45) is 0 Å². The Hall–Kier alpha value is -1.22. The van der Waals surface area contributed by atoms with E-state index in [1.807, 2.05) is 32.3 Å². The first-order chi connectivity index (χ1) is 11.3. The summed E-state index contributed by atoms with van der Waals surface area (Å²) in [4.78, 5) is 8.72. The highest BCUT2D eigenvalue weighted by molar-refractivity contribution is 9.10. The van der Waals surface area contributed by atoms with Gasteiger partial charge < -0.3 is 0 Å². The van der Waals surface area contributed by atoms with Crippen molar-refractivity contribution in [2.75, 3.05) is 0 Å². The summed E-state index contributed by atoms with van der Waals surface area (Å²) in [5.74, 6) is 0.871. The maximum atomic E-state index is 4.36. The maximum Gasteiger partial charge on any atom is 0.132 e. The first kappa shape index (κ1) is 19.1. The number of benzene rings is 1. The van der Waals surface area contributed by atoms with Gasteiger partial charge in [-0.1, -0.05) is 63.5 Å². The summed E-state index contributed by atoms with van der Waals surface area (Å²) in [5, 5.41) is 0. The summed E-state index contributed by atoms with van der Waals surface area (Å²) in [6, 6.07) is 6.56. The van der Waals surface area contributed by atoms with Gasteiger partial charge >= 0.3 is 0 Å². The van der Waals surface area contributed by atoms with Crippen LogP contribution < -0.4 is 0 Å². The van der Waals surface area contributed by atoms with Crippen LogP contribution in [0.2, 0.25) is 0 Å². The van der Waals surface area contributed by atoms with Crippen molar-refractivity contribution in [3.05, 3.63) is 57.6 Å². The molecule has 0 amide bonds. The van der Waals surface area contributed by atoms with Crippen molar-refractivity contribution in [2.45, 2.75) is 71.6 Å². The zero-order valence-electron chi connectivity index (χ0n) is 15.8. The van der Waals surface area contributed by atoms with Crippen LogP contribution in [-0.4, -0.2) is 9.97 Å². The number of rotatable bonds is 2. The van der Waals surface area contributed by atoms with Crippen LogP contribution in [0, 0.1) is 0 Å². The highest BCUT2D eigenvalue weighted by atomic mass is 79.9. The summed E-state index contributed by atoms with van der Waals surface area (Å²) in [6.07, 6.45) is 6.85. The van der Waals surface area contributed by atoms with Crippen LogP contribution in [0.15, 0.2) is 35.1 Å². The molecule has 1 aliphatic carbocycles. The molecular formula is C21H29BrN2. The van der Waals surface area contributed by atoms with Crippen molar-refractivity contribution in [3.8, 4) is 0 Å². The van der Waals surface area contributed by atoms with E-state index in [1.54, 1.807) is 0 Å². The number of hydrogen-bond acceptors (Lipinski definition) is 2. The molecular weight excluding hydrogens is 360 g/mol. The Balaban J connectivity index is 0.00000100. The zero-order chi connectivity index (χ0) is 18.0. The third-order valence-corrected chi connectivity index (χ3v) is 5.73. The van der Waals surface area contributed by atoms with Crippen molar-refractivity contribution in [1.29, 1.82) is 0 Å². The molecule has 3 heteroatoms. The Morgan fingerprint density at radius 3 is 1.96 bits per heavy atom. The van der Waals surface area contributed by atoms with Crippen LogP contribution in [-0.2, 0) is 17.3 Å². The van der Waals surface area contributed by atoms with E-state index in [0.717, 1.165) is 12.2 Å². The largest absolute Gasteiger partial charge is 0.241 e. The van der Waals surface area contributed by atoms with Crippen LogP contribution in [0.5, 0.6) is 0 Å². The molecule has 1 heterocycles. The first-order valence-electron chi connectivity index (χ1n) is 8.89. The van der Waals surface area contributed by atoms with Gasteiger partial charge in [-0.2, -0.15) is 0 Å². The van der Waals surface area contributed by atoms with Gasteiger partial charge in [-0.15, -0.1) is 0 Å². The highest BCUT2D eigenvalue weighted by Crippen LogP contribution is 2.47. The molecule has 3 rings (SSSR count). The minimum absolute atomic E-state index is 0.234. The van der Waals surface area contributed by atoms with Crippen molar-refractivity contribution in [1.82, 2.24) is 9.97 Å². The molecule has 2 nitrogen and oxygen atoms in total. The summed E-state index contributed by atoms with van der Waals surface area (Å²) in [7, 11) is 0. The number of nitrogens with zero attached hydrogens (tertiary/aromatic N) is 2. The predicted octanol–water partition coefficient (Wildman–Crippen LogP) is 6.21. The topological polar surface area (TPSA) is 25.8 Å². The van der Waals surface area contributed by atoms with E-state index in [2.05, 4.69) is 65.7 Å². The number of aromatic nitrogens is 2. The van der Waals surface area contributed by atoms with E-state index in [1.165, 1.54) is 34.0 Å². The molecule has 2 aromatic rings. The lowest BCUT2D eigenvalue weighted by Crippen LogP contribution is -2.34. The van der Waals surface area contributed by atoms with Gasteiger partial charge in [-0.3, -0.25) is 0 Å². The smallest absolute Gasteiger partial charge is 0.132 e. The van der Waals surface area contributed by atoms with Gasteiger partial charge in [0.2, 0.25) is 0 Å². The SMILES string of the molecule is CC.CC1(C)CCC(C)(C)c2cc(Cc3ncccn3)c(Br)cc21.